The van der Waals surface area contributed by atoms with Crippen molar-refractivity contribution in [1.29, 1.82) is 0 Å². The Balaban J connectivity index is 1.88. The molecule has 2 aromatic carbocycles. The van der Waals surface area contributed by atoms with Gasteiger partial charge in [-0.15, -0.1) is 0 Å². The van der Waals surface area contributed by atoms with Crippen molar-refractivity contribution in [3.05, 3.63) is 95.8 Å². The Labute approximate surface area is 150 Å². The number of aromatic nitrogens is 2. The van der Waals surface area contributed by atoms with Crippen molar-refractivity contribution in [3.63, 3.8) is 0 Å². The Kier molecular flexibility index (Phi) is 3.93. The van der Waals surface area contributed by atoms with Gasteiger partial charge in [0, 0.05) is 17.3 Å². The topological polar surface area (TPSA) is 51.4 Å². The van der Waals surface area contributed by atoms with E-state index in [9.17, 15) is 9.59 Å². The molecule has 0 aliphatic carbocycles. The lowest BCUT2D eigenvalue weighted by Crippen LogP contribution is -2.17. The van der Waals surface area contributed by atoms with E-state index in [-0.39, 0.29) is 5.69 Å². The minimum Gasteiger partial charge on any atom is -0.296 e. The number of carbonyl (C=O) groups excluding carboxylic acids is 2. The van der Waals surface area contributed by atoms with E-state index in [1.165, 1.54) is 0 Å². The zero-order valence-electron chi connectivity index (χ0n) is 14.2. The summed E-state index contributed by atoms with van der Waals surface area (Å²) in [5, 5.41) is 0. The van der Waals surface area contributed by atoms with Crippen LogP contribution in [-0.2, 0) is 0 Å². The van der Waals surface area contributed by atoms with Gasteiger partial charge in [0.05, 0.1) is 0 Å². The number of carbonyl (C=O) groups is 2. The first-order valence-electron chi connectivity index (χ1n) is 8.33. The molecule has 0 bridgehead atoms. The molecule has 4 nitrogen and oxygen atoms in total. The zero-order chi connectivity index (χ0) is 18.1. The van der Waals surface area contributed by atoms with Crippen LogP contribution in [0.2, 0.25) is 0 Å². The molecule has 0 fully saturated rings. The van der Waals surface area contributed by atoms with Gasteiger partial charge in [-0.25, -0.2) is 4.98 Å². The number of fused-ring (bicyclic) bond motifs is 1. The summed E-state index contributed by atoms with van der Waals surface area (Å²) in [6.07, 6.45) is 1.75. The summed E-state index contributed by atoms with van der Waals surface area (Å²) in [4.78, 5) is 30.5. The Bertz CT molecular complexity index is 1110. The number of hydrogen-bond donors (Lipinski definition) is 0. The van der Waals surface area contributed by atoms with E-state index in [4.69, 9.17) is 0 Å². The number of imidazole rings is 1. The van der Waals surface area contributed by atoms with E-state index in [1.807, 2.05) is 67.6 Å². The molecule has 126 valence electrons. The molecule has 0 aliphatic heterocycles. The van der Waals surface area contributed by atoms with Gasteiger partial charge in [0.25, 0.3) is 5.78 Å². The van der Waals surface area contributed by atoms with Gasteiger partial charge in [-0.2, -0.15) is 0 Å². The smallest absolute Gasteiger partial charge is 0.252 e. The van der Waals surface area contributed by atoms with Gasteiger partial charge >= 0.3 is 0 Å². The number of Topliss-reactive ketones (excluding diaryl/α,β-unsaturated/α-hetero) is 2. The van der Waals surface area contributed by atoms with Crippen molar-refractivity contribution in [3.8, 4) is 11.3 Å². The van der Waals surface area contributed by atoms with Gasteiger partial charge in [-0.1, -0.05) is 66.2 Å². The van der Waals surface area contributed by atoms with E-state index in [2.05, 4.69) is 4.98 Å². The Morgan fingerprint density at radius 3 is 2.23 bits per heavy atom. The quantitative estimate of drug-likeness (QED) is 0.409. The van der Waals surface area contributed by atoms with Crippen LogP contribution in [-0.4, -0.2) is 21.0 Å². The zero-order valence-corrected chi connectivity index (χ0v) is 14.2. The van der Waals surface area contributed by atoms with Gasteiger partial charge in [0.15, 0.2) is 0 Å². The molecule has 4 heteroatoms. The largest absolute Gasteiger partial charge is 0.296 e. The van der Waals surface area contributed by atoms with Crippen LogP contribution in [0.5, 0.6) is 0 Å². The van der Waals surface area contributed by atoms with Gasteiger partial charge < -0.3 is 0 Å². The molecule has 0 aliphatic rings. The summed E-state index contributed by atoms with van der Waals surface area (Å²) in [5.74, 6) is -1.10. The van der Waals surface area contributed by atoms with Crippen LogP contribution in [0.15, 0.2) is 79.0 Å². The fourth-order valence-electron chi connectivity index (χ4n) is 2.95. The molecular weight excluding hydrogens is 324 g/mol. The van der Waals surface area contributed by atoms with Gasteiger partial charge in [-0.3, -0.25) is 14.0 Å². The normalized spacial score (nSPS) is 10.8. The van der Waals surface area contributed by atoms with E-state index < -0.39 is 11.6 Å². The lowest BCUT2D eigenvalue weighted by Gasteiger charge is -2.05. The molecule has 0 N–H and O–H groups in total. The highest BCUT2D eigenvalue weighted by atomic mass is 16.2. The molecule has 0 atom stereocenters. The number of hydrogen-bond acceptors (Lipinski definition) is 3. The number of aryl methyl sites for hydroxylation is 1. The molecular formula is C22H16N2O2. The van der Waals surface area contributed by atoms with Gasteiger partial charge in [-0.05, 0) is 19.1 Å². The maximum Gasteiger partial charge on any atom is 0.252 e. The SMILES string of the molecule is Cc1ccc(C(=O)C(=O)c2c(-c3ccccc3)nc3ccccn23)cc1. The molecule has 2 aromatic heterocycles. The molecule has 2 heterocycles. The van der Waals surface area contributed by atoms with Crippen LogP contribution >= 0.6 is 0 Å². The Hall–Kier alpha value is -3.53. The molecule has 0 spiro atoms. The Morgan fingerprint density at radius 2 is 1.50 bits per heavy atom. The molecule has 0 saturated heterocycles. The number of benzene rings is 2. The predicted molar refractivity (Wildman–Crippen MR) is 100 cm³/mol. The molecule has 26 heavy (non-hydrogen) atoms. The monoisotopic (exact) mass is 340 g/mol. The number of nitrogens with zero attached hydrogens (tertiary/aromatic N) is 2. The third-order valence-corrected chi connectivity index (χ3v) is 4.31. The van der Waals surface area contributed by atoms with Crippen molar-refractivity contribution in [1.82, 2.24) is 9.38 Å². The van der Waals surface area contributed by atoms with Crippen LogP contribution in [0.1, 0.15) is 26.4 Å². The maximum atomic E-state index is 13.1. The number of rotatable bonds is 4. The van der Waals surface area contributed by atoms with Crippen LogP contribution in [0.25, 0.3) is 16.9 Å². The first kappa shape index (κ1) is 16.0. The molecule has 4 rings (SSSR count). The minimum atomic E-state index is -0.564. The summed E-state index contributed by atoms with van der Waals surface area (Å²) in [6.45, 7) is 1.94. The predicted octanol–water partition coefficient (Wildman–Crippen LogP) is 4.38. The number of pyridine rings is 1. The van der Waals surface area contributed by atoms with E-state index in [1.54, 1.807) is 22.7 Å². The second kappa shape index (κ2) is 6.41. The van der Waals surface area contributed by atoms with Crippen molar-refractivity contribution in [2.24, 2.45) is 0 Å². The average Bonchev–Trinajstić information content (AvgIpc) is 3.08. The molecule has 0 unspecified atom stereocenters. The standard InChI is InChI=1S/C22H16N2O2/c1-15-10-12-17(13-11-15)21(25)22(26)20-19(16-7-3-2-4-8-16)23-18-9-5-6-14-24(18)20/h2-14H,1H3. The average molecular weight is 340 g/mol. The minimum absolute atomic E-state index is 0.289. The first-order valence-corrected chi connectivity index (χ1v) is 8.33. The van der Waals surface area contributed by atoms with Crippen molar-refractivity contribution in [2.75, 3.05) is 0 Å². The second-order valence-corrected chi connectivity index (χ2v) is 6.13. The molecule has 0 radical (unpaired) electrons. The van der Waals surface area contributed by atoms with E-state index >= 15 is 0 Å². The molecule has 4 aromatic rings. The summed E-state index contributed by atoms with van der Waals surface area (Å²) in [6, 6.07) is 21.9. The lowest BCUT2D eigenvalue weighted by atomic mass is 10.0. The van der Waals surface area contributed by atoms with Crippen LogP contribution < -0.4 is 0 Å². The fraction of sp³-hybridized carbons (Fsp3) is 0.0455. The highest BCUT2D eigenvalue weighted by molar-refractivity contribution is 6.49. The van der Waals surface area contributed by atoms with Crippen molar-refractivity contribution < 1.29 is 9.59 Å². The molecule has 0 saturated carbocycles. The van der Waals surface area contributed by atoms with Gasteiger partial charge in [0.2, 0.25) is 5.78 Å². The van der Waals surface area contributed by atoms with Crippen LogP contribution in [0.3, 0.4) is 0 Å². The maximum absolute atomic E-state index is 13.1. The van der Waals surface area contributed by atoms with Crippen LogP contribution in [0, 0.1) is 6.92 Å². The second-order valence-electron chi connectivity index (χ2n) is 6.13. The summed E-state index contributed by atoms with van der Waals surface area (Å²) in [7, 11) is 0. The van der Waals surface area contributed by atoms with E-state index in [0.29, 0.717) is 16.9 Å². The van der Waals surface area contributed by atoms with Crippen molar-refractivity contribution in [2.45, 2.75) is 6.92 Å². The third-order valence-electron chi connectivity index (χ3n) is 4.31. The highest BCUT2D eigenvalue weighted by Crippen LogP contribution is 2.25. The number of ketones is 2. The van der Waals surface area contributed by atoms with Crippen LogP contribution in [0.4, 0.5) is 0 Å². The van der Waals surface area contributed by atoms with Crippen molar-refractivity contribution >= 4 is 17.2 Å². The summed E-state index contributed by atoms with van der Waals surface area (Å²) >= 11 is 0. The summed E-state index contributed by atoms with van der Waals surface area (Å²) < 4.78 is 1.68. The third kappa shape index (κ3) is 2.71. The first-order chi connectivity index (χ1) is 12.6. The molecule has 0 amide bonds. The van der Waals surface area contributed by atoms with Gasteiger partial charge in [0.1, 0.15) is 17.0 Å². The highest BCUT2D eigenvalue weighted by Gasteiger charge is 2.26. The summed E-state index contributed by atoms with van der Waals surface area (Å²) in [5.41, 5.74) is 3.65. The fourth-order valence-corrected chi connectivity index (χ4v) is 2.95. The lowest BCUT2D eigenvalue weighted by molar-refractivity contribution is 0.0814. The Morgan fingerprint density at radius 1 is 0.808 bits per heavy atom. The van der Waals surface area contributed by atoms with E-state index in [0.717, 1.165) is 11.1 Å².